The van der Waals surface area contributed by atoms with Crippen LogP contribution in [0.2, 0.25) is 0 Å². The zero-order chi connectivity index (χ0) is 18.6. The van der Waals surface area contributed by atoms with Crippen LogP contribution in [0.15, 0.2) is 71.8 Å². The first-order valence-electron chi connectivity index (χ1n) is 7.93. The van der Waals surface area contributed by atoms with E-state index in [0.717, 1.165) is 16.9 Å². The highest BCUT2D eigenvalue weighted by atomic mass is 32.2. The van der Waals surface area contributed by atoms with Crippen molar-refractivity contribution in [2.75, 3.05) is 17.1 Å². The topological polar surface area (TPSA) is 80.3 Å². The van der Waals surface area contributed by atoms with Gasteiger partial charge in [-0.3, -0.25) is 4.72 Å². The van der Waals surface area contributed by atoms with Crippen LogP contribution in [0.5, 0.6) is 5.75 Å². The zero-order valence-corrected chi connectivity index (χ0v) is 15.2. The average molecular weight is 369 g/mol. The van der Waals surface area contributed by atoms with Gasteiger partial charge < -0.3 is 10.1 Å². The monoisotopic (exact) mass is 369 g/mol. The van der Waals surface area contributed by atoms with Gasteiger partial charge in [-0.1, -0.05) is 18.2 Å². The highest BCUT2D eigenvalue weighted by Crippen LogP contribution is 2.23. The Bertz CT molecular complexity index is 988. The lowest BCUT2D eigenvalue weighted by Gasteiger charge is -2.11. The van der Waals surface area contributed by atoms with Gasteiger partial charge in [0.15, 0.2) is 0 Å². The summed E-state index contributed by atoms with van der Waals surface area (Å²) in [4.78, 5) is 4.32. The summed E-state index contributed by atoms with van der Waals surface area (Å²) >= 11 is 0. The number of methoxy groups -OCH3 is 1. The van der Waals surface area contributed by atoms with E-state index < -0.39 is 10.0 Å². The van der Waals surface area contributed by atoms with E-state index in [9.17, 15) is 8.42 Å². The van der Waals surface area contributed by atoms with Gasteiger partial charge in [0.1, 0.15) is 11.6 Å². The van der Waals surface area contributed by atoms with Gasteiger partial charge in [-0.15, -0.1) is 0 Å². The Morgan fingerprint density at radius 1 is 0.962 bits per heavy atom. The molecule has 0 aliphatic carbocycles. The maximum absolute atomic E-state index is 12.5. The van der Waals surface area contributed by atoms with E-state index in [4.69, 9.17) is 4.74 Å². The van der Waals surface area contributed by atoms with Crippen molar-refractivity contribution in [2.24, 2.45) is 0 Å². The molecule has 0 saturated carbocycles. The molecule has 0 aliphatic rings. The fraction of sp³-hybridized carbons (Fsp3) is 0.105. The molecule has 0 radical (unpaired) electrons. The molecule has 26 heavy (non-hydrogen) atoms. The second-order valence-electron chi connectivity index (χ2n) is 5.66. The van der Waals surface area contributed by atoms with Gasteiger partial charge in [0.2, 0.25) is 0 Å². The van der Waals surface area contributed by atoms with Crippen molar-refractivity contribution in [1.29, 1.82) is 0 Å². The highest BCUT2D eigenvalue weighted by molar-refractivity contribution is 7.92. The van der Waals surface area contributed by atoms with E-state index in [0.29, 0.717) is 5.75 Å². The summed E-state index contributed by atoms with van der Waals surface area (Å²) in [5, 5.41) is 3.19. The first kappa shape index (κ1) is 17.8. The van der Waals surface area contributed by atoms with E-state index in [1.54, 1.807) is 44.5 Å². The van der Waals surface area contributed by atoms with Crippen LogP contribution in [0.1, 0.15) is 5.56 Å². The highest BCUT2D eigenvalue weighted by Gasteiger charge is 2.16. The van der Waals surface area contributed by atoms with Crippen LogP contribution in [0.25, 0.3) is 0 Å². The lowest BCUT2D eigenvalue weighted by molar-refractivity contribution is 0.411. The quantitative estimate of drug-likeness (QED) is 0.688. The van der Waals surface area contributed by atoms with Gasteiger partial charge in [-0.25, -0.2) is 13.4 Å². The van der Waals surface area contributed by atoms with Crippen LogP contribution in [0.4, 0.5) is 17.2 Å². The Labute approximate surface area is 152 Å². The summed E-state index contributed by atoms with van der Waals surface area (Å²) in [6.07, 6.45) is 1.57. The number of sulfonamides is 1. The normalized spacial score (nSPS) is 11.0. The Hall–Kier alpha value is -3.06. The van der Waals surface area contributed by atoms with Crippen molar-refractivity contribution >= 4 is 27.2 Å². The van der Waals surface area contributed by atoms with E-state index in [2.05, 4.69) is 15.0 Å². The predicted molar refractivity (Wildman–Crippen MR) is 103 cm³/mol. The largest absolute Gasteiger partial charge is 0.496 e. The van der Waals surface area contributed by atoms with E-state index in [-0.39, 0.29) is 10.7 Å². The molecule has 3 rings (SSSR count). The molecule has 3 aromatic rings. The van der Waals surface area contributed by atoms with E-state index in [1.165, 1.54) is 6.07 Å². The maximum Gasteiger partial charge on any atom is 0.263 e. The molecule has 1 heterocycles. The minimum Gasteiger partial charge on any atom is -0.496 e. The predicted octanol–water partition coefficient (Wildman–Crippen LogP) is 3.94. The number of pyridine rings is 1. The molecule has 0 unspecified atom stereocenters. The van der Waals surface area contributed by atoms with E-state index >= 15 is 0 Å². The molecule has 0 bridgehead atoms. The third-order valence-electron chi connectivity index (χ3n) is 3.74. The lowest BCUT2D eigenvalue weighted by Crippen LogP contribution is -2.14. The van der Waals surface area contributed by atoms with Gasteiger partial charge >= 0.3 is 0 Å². The molecule has 134 valence electrons. The first-order chi connectivity index (χ1) is 12.5. The van der Waals surface area contributed by atoms with Gasteiger partial charge in [-0.05, 0) is 55.0 Å². The molecule has 0 spiro atoms. The lowest BCUT2D eigenvalue weighted by atomic mass is 10.2. The molecular weight excluding hydrogens is 350 g/mol. The number of hydrogen-bond donors (Lipinski definition) is 2. The minimum absolute atomic E-state index is 0.157. The average Bonchev–Trinajstić information content (AvgIpc) is 2.64. The summed E-state index contributed by atoms with van der Waals surface area (Å²) < 4.78 is 32.7. The van der Waals surface area contributed by atoms with Crippen LogP contribution in [-0.2, 0) is 10.0 Å². The van der Waals surface area contributed by atoms with Crippen molar-refractivity contribution < 1.29 is 13.2 Å². The molecular formula is C19H19N3O3S. The molecule has 2 aromatic carbocycles. The summed E-state index contributed by atoms with van der Waals surface area (Å²) in [7, 11) is -2.18. The van der Waals surface area contributed by atoms with Crippen LogP contribution in [0, 0.1) is 6.92 Å². The molecule has 2 N–H and O–H groups in total. The summed E-state index contributed by atoms with van der Waals surface area (Å²) in [5.41, 5.74) is 2.43. The van der Waals surface area contributed by atoms with Crippen molar-refractivity contribution in [3.63, 3.8) is 0 Å². The van der Waals surface area contributed by atoms with Crippen molar-refractivity contribution in [3.8, 4) is 5.75 Å². The molecule has 0 fully saturated rings. The number of aromatic nitrogens is 1. The molecule has 0 amide bonds. The number of rotatable bonds is 6. The fourth-order valence-electron chi connectivity index (χ4n) is 2.43. The Kier molecular flexibility index (Phi) is 5.09. The number of nitrogens with one attached hydrogen (secondary N) is 2. The van der Waals surface area contributed by atoms with Crippen LogP contribution in [-0.4, -0.2) is 20.5 Å². The fourth-order valence-corrected chi connectivity index (χ4v) is 3.52. The van der Waals surface area contributed by atoms with Gasteiger partial charge in [0.25, 0.3) is 10.0 Å². The van der Waals surface area contributed by atoms with Crippen LogP contribution in [0.3, 0.4) is 0 Å². The number of aryl methyl sites for hydroxylation is 1. The number of benzene rings is 2. The summed E-state index contributed by atoms with van der Waals surface area (Å²) in [6.45, 7) is 1.79. The smallest absolute Gasteiger partial charge is 0.263 e. The Morgan fingerprint density at radius 3 is 2.35 bits per heavy atom. The SMILES string of the molecule is COc1ccc(S(=O)(=O)Nc2ccc(Nc3ccccc3)cn2)cc1C. The number of hydrogen-bond acceptors (Lipinski definition) is 5. The Balaban J connectivity index is 1.74. The second-order valence-corrected chi connectivity index (χ2v) is 7.34. The van der Waals surface area contributed by atoms with Crippen LogP contribution >= 0.6 is 0 Å². The maximum atomic E-state index is 12.5. The zero-order valence-electron chi connectivity index (χ0n) is 14.4. The Morgan fingerprint density at radius 2 is 1.73 bits per heavy atom. The van der Waals surface area contributed by atoms with Crippen molar-refractivity contribution in [3.05, 3.63) is 72.4 Å². The third kappa shape index (κ3) is 4.12. The van der Waals surface area contributed by atoms with Crippen molar-refractivity contribution in [1.82, 2.24) is 4.98 Å². The number of anilines is 3. The number of para-hydroxylation sites is 1. The molecule has 1 aromatic heterocycles. The number of nitrogens with zero attached hydrogens (tertiary/aromatic N) is 1. The third-order valence-corrected chi connectivity index (χ3v) is 5.09. The van der Waals surface area contributed by atoms with Crippen molar-refractivity contribution in [2.45, 2.75) is 11.8 Å². The van der Waals surface area contributed by atoms with Gasteiger partial charge in [-0.2, -0.15) is 0 Å². The van der Waals surface area contributed by atoms with Gasteiger partial charge in [0, 0.05) is 5.69 Å². The summed E-state index contributed by atoms with van der Waals surface area (Å²) in [5.74, 6) is 0.885. The second kappa shape index (κ2) is 7.45. The minimum atomic E-state index is -3.72. The molecule has 0 saturated heterocycles. The molecule has 0 aliphatic heterocycles. The van der Waals surface area contributed by atoms with Crippen LogP contribution < -0.4 is 14.8 Å². The van der Waals surface area contributed by atoms with Gasteiger partial charge in [0.05, 0.1) is 23.9 Å². The summed E-state index contributed by atoms with van der Waals surface area (Å²) in [6, 6.07) is 17.7. The first-order valence-corrected chi connectivity index (χ1v) is 9.42. The molecule has 0 atom stereocenters. The number of ether oxygens (including phenoxy) is 1. The molecule has 6 nitrogen and oxygen atoms in total. The standard InChI is InChI=1S/C19H19N3O3S/c1-14-12-17(9-10-18(14)25-2)26(23,24)22-19-11-8-16(13-20-19)21-15-6-4-3-5-7-15/h3-13,21H,1-2H3,(H,20,22). The van der Waals surface area contributed by atoms with E-state index in [1.807, 2.05) is 30.3 Å². The molecule has 7 heteroatoms.